The summed E-state index contributed by atoms with van der Waals surface area (Å²) in [5.41, 5.74) is 2.90. The molecule has 0 bridgehead atoms. The van der Waals surface area contributed by atoms with Crippen molar-refractivity contribution < 1.29 is 14.3 Å². The van der Waals surface area contributed by atoms with E-state index in [-0.39, 0.29) is 6.61 Å². The molecule has 5 heteroatoms. The largest absolute Gasteiger partial charge is 0.481 e. The predicted octanol–water partition coefficient (Wildman–Crippen LogP) is 3.73. The van der Waals surface area contributed by atoms with Crippen LogP contribution in [0.5, 0.6) is 5.88 Å². The van der Waals surface area contributed by atoms with Gasteiger partial charge in [0.15, 0.2) is 0 Å². The first-order valence-corrected chi connectivity index (χ1v) is 7.82. The molecule has 1 amide bonds. The maximum absolute atomic E-state index is 11.6. The van der Waals surface area contributed by atoms with Gasteiger partial charge >= 0.3 is 6.09 Å². The number of ether oxygens (including phenoxy) is 2. The Balaban J connectivity index is 1.67. The number of alkyl carbamates (subject to hydrolysis) is 1. The van der Waals surface area contributed by atoms with Crippen LogP contribution < -0.4 is 10.1 Å². The zero-order chi connectivity index (χ0) is 17.2. The van der Waals surface area contributed by atoms with Crippen LogP contribution in [0.2, 0.25) is 0 Å². The second-order valence-electron chi connectivity index (χ2n) is 5.21. The zero-order valence-electron chi connectivity index (χ0n) is 14.0. The second kappa shape index (κ2) is 9.35. The summed E-state index contributed by atoms with van der Waals surface area (Å²) in [5, 5.41) is 2.72. The van der Waals surface area contributed by atoms with Gasteiger partial charge in [0.2, 0.25) is 5.88 Å². The van der Waals surface area contributed by atoms with E-state index in [4.69, 9.17) is 9.47 Å². The van der Waals surface area contributed by atoms with Gasteiger partial charge in [-0.3, -0.25) is 0 Å². The van der Waals surface area contributed by atoms with Gasteiger partial charge in [-0.05, 0) is 30.5 Å². The number of methoxy groups -OCH3 is 1. The number of hydrogen-bond donors (Lipinski definition) is 1. The number of amides is 1. The number of carbonyl (C=O) groups excluding carboxylic acids is 1. The molecule has 0 atom stereocenters. The van der Waals surface area contributed by atoms with Gasteiger partial charge in [0, 0.05) is 18.3 Å². The Morgan fingerprint density at radius 1 is 1.21 bits per heavy atom. The maximum Gasteiger partial charge on any atom is 0.407 e. The summed E-state index contributed by atoms with van der Waals surface area (Å²) in [5.74, 6) is 0.604. The van der Waals surface area contributed by atoms with Crippen LogP contribution in [0.3, 0.4) is 0 Å². The first-order valence-electron chi connectivity index (χ1n) is 7.82. The van der Waals surface area contributed by atoms with Crippen LogP contribution in [0.15, 0.2) is 48.5 Å². The maximum atomic E-state index is 11.6. The van der Waals surface area contributed by atoms with Crippen molar-refractivity contribution in [3.05, 3.63) is 65.4 Å². The number of aryl methyl sites for hydroxylation is 1. The Kier molecular flexibility index (Phi) is 6.83. The summed E-state index contributed by atoms with van der Waals surface area (Å²) in [7, 11) is 1.60. The van der Waals surface area contributed by atoms with Crippen LogP contribution in [0.4, 0.5) is 4.79 Å². The van der Waals surface area contributed by atoms with Crippen LogP contribution in [0, 0.1) is 6.92 Å². The molecule has 5 nitrogen and oxygen atoms in total. The van der Waals surface area contributed by atoms with Crippen molar-refractivity contribution in [1.29, 1.82) is 0 Å². The Labute approximate surface area is 142 Å². The van der Waals surface area contributed by atoms with E-state index in [1.165, 1.54) is 0 Å². The number of hydrogen-bond acceptors (Lipinski definition) is 4. The van der Waals surface area contributed by atoms with Crippen molar-refractivity contribution in [2.45, 2.75) is 20.0 Å². The first-order chi connectivity index (χ1) is 11.7. The highest BCUT2D eigenvalue weighted by Gasteiger charge is 2.01. The number of benzene rings is 1. The van der Waals surface area contributed by atoms with E-state index in [0.717, 1.165) is 16.8 Å². The van der Waals surface area contributed by atoms with Crippen molar-refractivity contribution in [2.75, 3.05) is 13.7 Å². The van der Waals surface area contributed by atoms with Gasteiger partial charge < -0.3 is 14.8 Å². The van der Waals surface area contributed by atoms with Gasteiger partial charge in [0.1, 0.15) is 6.61 Å². The molecule has 0 aliphatic heterocycles. The molecule has 0 unspecified atom stereocenters. The molecule has 1 heterocycles. The van der Waals surface area contributed by atoms with Gasteiger partial charge in [-0.2, -0.15) is 0 Å². The van der Waals surface area contributed by atoms with Gasteiger partial charge in [-0.15, -0.1) is 0 Å². The lowest BCUT2D eigenvalue weighted by Crippen LogP contribution is -2.24. The Bertz CT molecular complexity index is 684. The average Bonchev–Trinajstić information content (AvgIpc) is 2.61. The summed E-state index contributed by atoms with van der Waals surface area (Å²) in [4.78, 5) is 15.9. The van der Waals surface area contributed by atoms with E-state index < -0.39 is 6.09 Å². The van der Waals surface area contributed by atoms with Crippen LogP contribution in [0.25, 0.3) is 6.08 Å². The lowest BCUT2D eigenvalue weighted by molar-refractivity contribution is 0.140. The lowest BCUT2D eigenvalue weighted by atomic mass is 10.2. The van der Waals surface area contributed by atoms with E-state index in [9.17, 15) is 4.79 Å². The van der Waals surface area contributed by atoms with E-state index in [1.54, 1.807) is 7.11 Å². The molecule has 1 N–H and O–H groups in total. The number of nitrogens with zero attached hydrogens (tertiary/aromatic N) is 1. The Morgan fingerprint density at radius 2 is 2.00 bits per heavy atom. The van der Waals surface area contributed by atoms with Gasteiger partial charge in [-0.25, -0.2) is 9.78 Å². The molecule has 1 aromatic carbocycles. The Hall–Kier alpha value is -2.82. The molecule has 0 spiro atoms. The summed E-state index contributed by atoms with van der Waals surface area (Å²) in [6.45, 7) is 2.73. The van der Waals surface area contributed by atoms with Crippen LogP contribution >= 0.6 is 0 Å². The third kappa shape index (κ3) is 5.76. The molecule has 126 valence electrons. The minimum atomic E-state index is -0.408. The molecule has 0 saturated heterocycles. The molecule has 2 rings (SSSR count). The number of pyridine rings is 1. The van der Waals surface area contributed by atoms with Crippen molar-refractivity contribution in [1.82, 2.24) is 10.3 Å². The van der Waals surface area contributed by atoms with Crippen molar-refractivity contribution in [3.8, 4) is 5.88 Å². The van der Waals surface area contributed by atoms with E-state index >= 15 is 0 Å². The van der Waals surface area contributed by atoms with Crippen molar-refractivity contribution in [3.63, 3.8) is 0 Å². The fraction of sp³-hybridized carbons (Fsp3) is 0.263. The SMILES string of the molecule is COc1ccc(C=CCCNC(=O)OCc2ccccc2)c(C)n1. The van der Waals surface area contributed by atoms with Crippen LogP contribution in [-0.4, -0.2) is 24.7 Å². The third-order valence-electron chi connectivity index (χ3n) is 3.40. The topological polar surface area (TPSA) is 60.5 Å². The number of carbonyl (C=O) groups is 1. The van der Waals surface area contributed by atoms with Gasteiger partial charge in [0.05, 0.1) is 7.11 Å². The quantitative estimate of drug-likeness (QED) is 0.788. The molecule has 24 heavy (non-hydrogen) atoms. The standard InChI is InChI=1S/C19H22N2O3/c1-15-17(11-12-18(21-15)23-2)10-6-7-13-20-19(22)24-14-16-8-4-3-5-9-16/h3-6,8-12H,7,13-14H2,1-2H3,(H,20,22). The van der Waals surface area contributed by atoms with E-state index in [0.29, 0.717) is 18.8 Å². The highest BCUT2D eigenvalue weighted by Crippen LogP contribution is 2.13. The lowest BCUT2D eigenvalue weighted by Gasteiger charge is -2.06. The van der Waals surface area contributed by atoms with E-state index in [1.807, 2.05) is 61.5 Å². The monoisotopic (exact) mass is 326 g/mol. The smallest absolute Gasteiger partial charge is 0.407 e. The van der Waals surface area contributed by atoms with Crippen LogP contribution in [0.1, 0.15) is 23.2 Å². The highest BCUT2D eigenvalue weighted by molar-refractivity contribution is 5.67. The van der Waals surface area contributed by atoms with E-state index in [2.05, 4.69) is 10.3 Å². The fourth-order valence-electron chi connectivity index (χ4n) is 2.08. The number of nitrogens with one attached hydrogen (secondary N) is 1. The molecular weight excluding hydrogens is 304 g/mol. The number of rotatable bonds is 7. The van der Waals surface area contributed by atoms with Crippen molar-refractivity contribution >= 4 is 12.2 Å². The third-order valence-corrected chi connectivity index (χ3v) is 3.40. The second-order valence-corrected chi connectivity index (χ2v) is 5.21. The highest BCUT2D eigenvalue weighted by atomic mass is 16.5. The molecule has 2 aromatic rings. The normalized spacial score (nSPS) is 10.6. The molecule has 0 aliphatic rings. The minimum absolute atomic E-state index is 0.277. The summed E-state index contributed by atoms with van der Waals surface area (Å²) in [6, 6.07) is 13.4. The van der Waals surface area contributed by atoms with Crippen molar-refractivity contribution in [2.24, 2.45) is 0 Å². The first kappa shape index (κ1) is 17.5. The number of aromatic nitrogens is 1. The summed E-state index contributed by atoms with van der Waals surface area (Å²) < 4.78 is 10.2. The van der Waals surface area contributed by atoms with Gasteiger partial charge in [-0.1, -0.05) is 42.5 Å². The summed E-state index contributed by atoms with van der Waals surface area (Å²) in [6.07, 6.45) is 4.29. The minimum Gasteiger partial charge on any atom is -0.481 e. The van der Waals surface area contributed by atoms with Crippen LogP contribution in [-0.2, 0) is 11.3 Å². The zero-order valence-corrected chi connectivity index (χ0v) is 14.0. The molecule has 0 saturated carbocycles. The molecular formula is C19H22N2O3. The fourth-order valence-corrected chi connectivity index (χ4v) is 2.08. The molecule has 0 radical (unpaired) electrons. The summed E-state index contributed by atoms with van der Waals surface area (Å²) >= 11 is 0. The van der Waals surface area contributed by atoms with Gasteiger partial charge in [0.25, 0.3) is 0 Å². The Morgan fingerprint density at radius 3 is 2.71 bits per heavy atom. The molecule has 0 fully saturated rings. The molecule has 1 aromatic heterocycles. The molecule has 0 aliphatic carbocycles. The predicted molar refractivity (Wildman–Crippen MR) is 93.8 cm³/mol. The average molecular weight is 326 g/mol.